The summed E-state index contributed by atoms with van der Waals surface area (Å²) in [7, 11) is 0. The van der Waals surface area contributed by atoms with Gasteiger partial charge >= 0.3 is 6.16 Å². The number of rotatable bonds is 5. The third kappa shape index (κ3) is 3.05. The van der Waals surface area contributed by atoms with E-state index in [4.69, 9.17) is 14.5 Å². The van der Waals surface area contributed by atoms with Crippen LogP contribution in [-0.4, -0.2) is 41.6 Å². The van der Waals surface area contributed by atoms with Crippen LogP contribution in [0.5, 0.6) is 0 Å². The summed E-state index contributed by atoms with van der Waals surface area (Å²) in [5, 5.41) is 0. The molecular formula is C18H25NO6. The van der Waals surface area contributed by atoms with E-state index >= 15 is 0 Å². The Morgan fingerprint density at radius 3 is 2.60 bits per heavy atom. The summed E-state index contributed by atoms with van der Waals surface area (Å²) in [5.74, 6) is 0.302. The molecule has 0 aromatic rings. The molecule has 3 atom stereocenters. The van der Waals surface area contributed by atoms with Crippen molar-refractivity contribution in [2.45, 2.75) is 52.6 Å². The number of carbonyl (C=O) groups excluding carboxylic acids is 3. The molecule has 1 heterocycles. The quantitative estimate of drug-likeness (QED) is 0.328. The second-order valence-electron chi connectivity index (χ2n) is 8.05. The molecule has 2 bridgehead atoms. The lowest BCUT2D eigenvalue weighted by atomic mass is 9.44. The molecule has 3 fully saturated rings. The van der Waals surface area contributed by atoms with E-state index in [0.717, 1.165) is 24.2 Å². The van der Waals surface area contributed by atoms with Crippen molar-refractivity contribution in [1.82, 2.24) is 4.90 Å². The van der Waals surface area contributed by atoms with Crippen molar-refractivity contribution in [3.63, 3.8) is 0 Å². The van der Waals surface area contributed by atoms with Crippen LogP contribution in [0.2, 0.25) is 0 Å². The van der Waals surface area contributed by atoms with Crippen molar-refractivity contribution in [1.29, 1.82) is 0 Å². The fourth-order valence-electron chi connectivity index (χ4n) is 4.50. The second kappa shape index (κ2) is 6.12. The SMILES string of the molecule is CC1=CC(=O)N(CCOC(=O)OOC2(C)CCC3CC2C3(C)C)C1=O. The highest BCUT2D eigenvalue weighted by atomic mass is 17.2. The Labute approximate surface area is 147 Å². The third-order valence-electron chi connectivity index (χ3n) is 6.22. The molecule has 7 nitrogen and oxygen atoms in total. The molecule has 2 amide bonds. The van der Waals surface area contributed by atoms with Gasteiger partial charge in [0.15, 0.2) is 0 Å². The Morgan fingerprint density at radius 1 is 1.32 bits per heavy atom. The van der Waals surface area contributed by atoms with Gasteiger partial charge in [-0.05, 0) is 50.4 Å². The fourth-order valence-corrected chi connectivity index (χ4v) is 4.50. The molecule has 3 unspecified atom stereocenters. The molecule has 4 aliphatic rings. The summed E-state index contributed by atoms with van der Waals surface area (Å²) in [5.41, 5.74) is 0.0726. The number of imide groups is 1. The lowest BCUT2D eigenvalue weighted by molar-refractivity contribution is -0.371. The van der Waals surface area contributed by atoms with Gasteiger partial charge in [0.25, 0.3) is 11.8 Å². The zero-order chi connectivity index (χ0) is 18.4. The van der Waals surface area contributed by atoms with Gasteiger partial charge in [-0.1, -0.05) is 13.8 Å². The molecule has 0 aromatic heterocycles. The first kappa shape index (κ1) is 17.9. The maximum absolute atomic E-state index is 11.7. The first-order chi connectivity index (χ1) is 11.6. The zero-order valence-corrected chi connectivity index (χ0v) is 15.2. The Balaban J connectivity index is 1.42. The molecular weight excluding hydrogens is 326 g/mol. The largest absolute Gasteiger partial charge is 0.540 e. The molecule has 138 valence electrons. The van der Waals surface area contributed by atoms with Crippen LogP contribution >= 0.6 is 0 Å². The first-order valence-electron chi connectivity index (χ1n) is 8.72. The molecule has 0 aromatic carbocycles. The van der Waals surface area contributed by atoms with Gasteiger partial charge in [-0.3, -0.25) is 19.4 Å². The molecule has 4 rings (SSSR count). The van der Waals surface area contributed by atoms with Gasteiger partial charge in [-0.15, -0.1) is 0 Å². The predicted molar refractivity (Wildman–Crippen MR) is 87.0 cm³/mol. The van der Waals surface area contributed by atoms with Gasteiger partial charge in [-0.25, -0.2) is 4.79 Å². The van der Waals surface area contributed by atoms with Crippen LogP contribution < -0.4 is 0 Å². The molecule has 0 saturated heterocycles. The molecule has 0 N–H and O–H groups in total. The number of carbonyl (C=O) groups is 3. The van der Waals surface area contributed by atoms with E-state index in [-0.39, 0.29) is 24.5 Å². The topological polar surface area (TPSA) is 82.1 Å². The lowest BCUT2D eigenvalue weighted by Crippen LogP contribution is -2.61. The van der Waals surface area contributed by atoms with Gasteiger partial charge in [0.05, 0.1) is 6.54 Å². The van der Waals surface area contributed by atoms with E-state index < -0.39 is 17.7 Å². The van der Waals surface area contributed by atoms with Gasteiger partial charge < -0.3 is 4.74 Å². The van der Waals surface area contributed by atoms with E-state index in [0.29, 0.717) is 17.4 Å². The second-order valence-corrected chi connectivity index (χ2v) is 8.05. The van der Waals surface area contributed by atoms with Crippen LogP contribution in [0.15, 0.2) is 11.6 Å². The normalized spacial score (nSPS) is 33.0. The van der Waals surface area contributed by atoms with Gasteiger partial charge in [0.1, 0.15) is 12.2 Å². The number of ether oxygens (including phenoxy) is 1. The Hall–Kier alpha value is -1.89. The average molecular weight is 351 g/mol. The minimum absolute atomic E-state index is 0.00475. The molecule has 3 saturated carbocycles. The minimum Gasteiger partial charge on any atom is -0.430 e. The summed E-state index contributed by atoms with van der Waals surface area (Å²) >= 11 is 0. The summed E-state index contributed by atoms with van der Waals surface area (Å²) in [6, 6.07) is 0. The number of amides is 2. The van der Waals surface area contributed by atoms with Crippen molar-refractivity contribution in [2.24, 2.45) is 17.3 Å². The molecule has 7 heteroatoms. The molecule has 0 radical (unpaired) electrons. The maximum Gasteiger partial charge on any atom is 0.540 e. The zero-order valence-electron chi connectivity index (χ0n) is 15.2. The number of hydrogen-bond donors (Lipinski definition) is 0. The van der Waals surface area contributed by atoms with Crippen LogP contribution in [-0.2, 0) is 24.1 Å². The number of nitrogens with zero attached hydrogens (tertiary/aromatic N) is 1. The highest BCUT2D eigenvalue weighted by Crippen LogP contribution is 2.63. The van der Waals surface area contributed by atoms with Crippen molar-refractivity contribution >= 4 is 18.0 Å². The lowest BCUT2D eigenvalue weighted by Gasteiger charge is -2.62. The monoisotopic (exact) mass is 351 g/mol. The van der Waals surface area contributed by atoms with Crippen LogP contribution in [0.3, 0.4) is 0 Å². The Morgan fingerprint density at radius 2 is 2.04 bits per heavy atom. The fraction of sp³-hybridized carbons (Fsp3) is 0.722. The van der Waals surface area contributed by atoms with E-state index in [1.807, 2.05) is 6.92 Å². The Kier molecular flexibility index (Phi) is 4.39. The summed E-state index contributed by atoms with van der Waals surface area (Å²) in [6.45, 7) is 7.86. The highest BCUT2D eigenvalue weighted by molar-refractivity contribution is 6.15. The third-order valence-corrected chi connectivity index (χ3v) is 6.22. The maximum atomic E-state index is 11.7. The van der Waals surface area contributed by atoms with Gasteiger partial charge in [0, 0.05) is 11.6 Å². The van der Waals surface area contributed by atoms with Crippen LogP contribution in [0.1, 0.15) is 47.0 Å². The van der Waals surface area contributed by atoms with Crippen LogP contribution in [0.25, 0.3) is 0 Å². The van der Waals surface area contributed by atoms with Crippen molar-refractivity contribution < 1.29 is 28.9 Å². The van der Waals surface area contributed by atoms with E-state index in [1.165, 1.54) is 6.08 Å². The summed E-state index contributed by atoms with van der Waals surface area (Å²) in [4.78, 5) is 46.4. The van der Waals surface area contributed by atoms with Gasteiger partial charge in [-0.2, -0.15) is 4.89 Å². The smallest absolute Gasteiger partial charge is 0.430 e. The summed E-state index contributed by atoms with van der Waals surface area (Å²) < 4.78 is 4.92. The number of fused-ring (bicyclic) bond motifs is 2. The standard InChI is InChI=1S/C18H25NO6/c1-11-9-14(20)19(15(11)21)7-8-23-16(22)24-25-18(4)6-5-12-10-13(18)17(12,2)3/h9,12-13H,5-8,10H2,1-4H3. The van der Waals surface area contributed by atoms with E-state index in [9.17, 15) is 14.4 Å². The van der Waals surface area contributed by atoms with Crippen molar-refractivity contribution in [3.8, 4) is 0 Å². The molecule has 3 aliphatic carbocycles. The summed E-state index contributed by atoms with van der Waals surface area (Å²) in [6.07, 6.45) is 3.31. The van der Waals surface area contributed by atoms with Gasteiger partial charge in [0.2, 0.25) is 0 Å². The van der Waals surface area contributed by atoms with Crippen LogP contribution in [0, 0.1) is 17.3 Å². The number of hydrogen-bond acceptors (Lipinski definition) is 6. The van der Waals surface area contributed by atoms with E-state index in [1.54, 1.807) is 6.92 Å². The van der Waals surface area contributed by atoms with Crippen molar-refractivity contribution in [3.05, 3.63) is 11.6 Å². The molecule has 0 spiro atoms. The predicted octanol–water partition coefficient (Wildman–Crippen LogP) is 2.60. The first-order valence-corrected chi connectivity index (χ1v) is 8.72. The van der Waals surface area contributed by atoms with Crippen LogP contribution in [0.4, 0.5) is 4.79 Å². The van der Waals surface area contributed by atoms with E-state index in [2.05, 4.69) is 13.8 Å². The molecule has 25 heavy (non-hydrogen) atoms. The average Bonchev–Trinajstić information content (AvgIpc) is 2.79. The minimum atomic E-state index is -0.954. The Bertz CT molecular complexity index is 637. The molecule has 1 aliphatic heterocycles. The highest BCUT2D eigenvalue weighted by Gasteiger charge is 2.61. The van der Waals surface area contributed by atoms with Crippen molar-refractivity contribution in [2.75, 3.05) is 13.2 Å².